The quantitative estimate of drug-likeness (QED) is 0.733. The maximum absolute atomic E-state index is 11.8. The summed E-state index contributed by atoms with van der Waals surface area (Å²) >= 11 is 0. The molecule has 18 heavy (non-hydrogen) atoms. The molecule has 1 aliphatic rings. The molecule has 2 amide bonds. The van der Waals surface area contributed by atoms with Gasteiger partial charge in [-0.05, 0) is 6.42 Å². The van der Waals surface area contributed by atoms with Gasteiger partial charge < -0.3 is 15.3 Å². The number of rotatable bonds is 4. The van der Waals surface area contributed by atoms with E-state index < -0.39 is 27.9 Å². The van der Waals surface area contributed by atoms with E-state index in [0.717, 1.165) is 0 Å². The van der Waals surface area contributed by atoms with E-state index in [9.17, 15) is 18.0 Å². The van der Waals surface area contributed by atoms with Crippen molar-refractivity contribution in [2.75, 3.05) is 24.6 Å². The lowest BCUT2D eigenvalue weighted by Gasteiger charge is -2.28. The SMILES string of the molecule is CCC[C@@H](NC(=O)N1CCS(=O)(=O)CC1)C(=O)O. The Morgan fingerprint density at radius 3 is 2.33 bits per heavy atom. The predicted octanol–water partition coefficient (Wildman–Crippen LogP) is -0.320. The molecular formula is C10H18N2O5S. The number of hydrogen-bond donors (Lipinski definition) is 2. The molecule has 0 saturated carbocycles. The summed E-state index contributed by atoms with van der Waals surface area (Å²) in [6.45, 7) is 2.06. The van der Waals surface area contributed by atoms with Gasteiger partial charge in [0, 0.05) is 13.1 Å². The van der Waals surface area contributed by atoms with Crippen LogP contribution in [-0.2, 0) is 14.6 Å². The standard InChI is InChI=1S/C10H18N2O5S/c1-2-3-8(9(13)14)11-10(15)12-4-6-18(16,17)7-5-12/h8H,2-7H2,1H3,(H,11,15)(H,13,14)/t8-/m1/s1. The van der Waals surface area contributed by atoms with Gasteiger partial charge in [0.2, 0.25) is 0 Å². The van der Waals surface area contributed by atoms with E-state index in [0.29, 0.717) is 12.8 Å². The van der Waals surface area contributed by atoms with E-state index >= 15 is 0 Å². The number of nitrogens with one attached hydrogen (secondary N) is 1. The van der Waals surface area contributed by atoms with Crippen molar-refractivity contribution in [1.29, 1.82) is 0 Å². The fraction of sp³-hybridized carbons (Fsp3) is 0.800. The first kappa shape index (κ1) is 14.7. The lowest BCUT2D eigenvalue weighted by Crippen LogP contribution is -2.52. The molecule has 8 heteroatoms. The zero-order valence-corrected chi connectivity index (χ0v) is 11.1. The van der Waals surface area contributed by atoms with E-state index in [4.69, 9.17) is 5.11 Å². The normalized spacial score (nSPS) is 20.2. The van der Waals surface area contributed by atoms with Gasteiger partial charge >= 0.3 is 12.0 Å². The summed E-state index contributed by atoms with van der Waals surface area (Å²) in [6, 6.07) is -1.42. The number of nitrogens with zero attached hydrogens (tertiary/aromatic N) is 1. The van der Waals surface area contributed by atoms with Gasteiger partial charge in [0.15, 0.2) is 9.84 Å². The molecular weight excluding hydrogens is 260 g/mol. The third kappa shape index (κ3) is 4.17. The van der Waals surface area contributed by atoms with Crippen LogP contribution >= 0.6 is 0 Å². The van der Waals surface area contributed by atoms with E-state index in [1.165, 1.54) is 4.90 Å². The van der Waals surface area contributed by atoms with Crippen molar-refractivity contribution >= 4 is 21.8 Å². The van der Waals surface area contributed by atoms with E-state index in [2.05, 4.69) is 5.32 Å². The first-order valence-electron chi connectivity index (χ1n) is 5.84. The minimum atomic E-state index is -3.04. The highest BCUT2D eigenvalue weighted by Crippen LogP contribution is 2.05. The molecule has 7 nitrogen and oxygen atoms in total. The Hall–Kier alpha value is -1.31. The fourth-order valence-corrected chi connectivity index (χ4v) is 2.90. The van der Waals surface area contributed by atoms with Gasteiger partial charge in [-0.2, -0.15) is 0 Å². The molecule has 0 aromatic carbocycles. The molecule has 1 atom stereocenters. The van der Waals surface area contributed by atoms with Gasteiger partial charge in [-0.1, -0.05) is 13.3 Å². The number of sulfone groups is 1. The first-order chi connectivity index (χ1) is 8.35. The average molecular weight is 278 g/mol. The number of urea groups is 1. The van der Waals surface area contributed by atoms with Crippen LogP contribution in [-0.4, -0.2) is 61.1 Å². The molecule has 1 heterocycles. The topological polar surface area (TPSA) is 104 Å². The minimum absolute atomic E-state index is 0.0636. The summed E-state index contributed by atoms with van der Waals surface area (Å²) in [5, 5.41) is 11.3. The monoisotopic (exact) mass is 278 g/mol. The van der Waals surface area contributed by atoms with Crippen LogP contribution in [0.25, 0.3) is 0 Å². The maximum Gasteiger partial charge on any atom is 0.326 e. The molecule has 1 fully saturated rings. The van der Waals surface area contributed by atoms with Crippen molar-refractivity contribution in [3.63, 3.8) is 0 Å². The second-order valence-electron chi connectivity index (χ2n) is 4.27. The van der Waals surface area contributed by atoms with Gasteiger partial charge in [-0.3, -0.25) is 0 Å². The zero-order valence-electron chi connectivity index (χ0n) is 10.3. The largest absolute Gasteiger partial charge is 0.480 e. The van der Waals surface area contributed by atoms with Crippen LogP contribution in [0.2, 0.25) is 0 Å². The number of carbonyl (C=O) groups excluding carboxylic acids is 1. The lowest BCUT2D eigenvalue weighted by molar-refractivity contribution is -0.139. The smallest absolute Gasteiger partial charge is 0.326 e. The van der Waals surface area contributed by atoms with Crippen LogP contribution < -0.4 is 5.32 Å². The average Bonchev–Trinajstić information content (AvgIpc) is 2.28. The number of amides is 2. The summed E-state index contributed by atoms with van der Waals surface area (Å²) in [5.41, 5.74) is 0. The third-order valence-corrected chi connectivity index (χ3v) is 4.41. The van der Waals surface area contributed by atoms with Crippen LogP contribution in [0.15, 0.2) is 0 Å². The van der Waals surface area contributed by atoms with Crippen LogP contribution in [0.4, 0.5) is 4.79 Å². The first-order valence-corrected chi connectivity index (χ1v) is 7.66. The third-order valence-electron chi connectivity index (χ3n) is 2.80. The molecule has 0 aliphatic carbocycles. The molecule has 104 valence electrons. The van der Waals surface area contributed by atoms with Crippen molar-refractivity contribution in [3.05, 3.63) is 0 Å². The number of carbonyl (C=O) groups is 2. The summed E-state index contributed by atoms with van der Waals surface area (Å²) in [4.78, 5) is 24.0. The molecule has 0 aromatic heterocycles. The van der Waals surface area contributed by atoms with E-state index in [1.54, 1.807) is 0 Å². The summed E-state index contributed by atoms with van der Waals surface area (Å²) in [7, 11) is -3.04. The van der Waals surface area contributed by atoms with E-state index in [-0.39, 0.29) is 24.6 Å². The Kier molecular flexibility index (Phi) is 4.94. The van der Waals surface area contributed by atoms with Crippen LogP contribution in [0.1, 0.15) is 19.8 Å². The molecule has 0 bridgehead atoms. The molecule has 1 aliphatic heterocycles. The van der Waals surface area contributed by atoms with Gasteiger partial charge in [0.05, 0.1) is 11.5 Å². The highest BCUT2D eigenvalue weighted by molar-refractivity contribution is 7.91. The maximum atomic E-state index is 11.8. The summed E-state index contributed by atoms with van der Waals surface area (Å²) in [5.74, 6) is -1.20. The highest BCUT2D eigenvalue weighted by Gasteiger charge is 2.27. The van der Waals surface area contributed by atoms with Crippen molar-refractivity contribution in [1.82, 2.24) is 10.2 Å². The Morgan fingerprint density at radius 1 is 1.33 bits per heavy atom. The Morgan fingerprint density at radius 2 is 1.89 bits per heavy atom. The fourth-order valence-electron chi connectivity index (χ4n) is 1.70. The van der Waals surface area contributed by atoms with Gasteiger partial charge in [0.25, 0.3) is 0 Å². The van der Waals surface area contributed by atoms with Crippen molar-refractivity contribution in [2.24, 2.45) is 0 Å². The number of carboxylic acid groups (broad SMARTS) is 1. The zero-order chi connectivity index (χ0) is 13.8. The molecule has 1 rings (SSSR count). The number of carboxylic acids is 1. The number of aliphatic carboxylic acids is 1. The van der Waals surface area contributed by atoms with Crippen molar-refractivity contribution < 1.29 is 23.1 Å². The van der Waals surface area contributed by atoms with Crippen LogP contribution in [0.5, 0.6) is 0 Å². The predicted molar refractivity (Wildman–Crippen MR) is 65.1 cm³/mol. The van der Waals surface area contributed by atoms with Gasteiger partial charge in [-0.15, -0.1) is 0 Å². The molecule has 0 radical (unpaired) electrons. The molecule has 1 saturated heterocycles. The second-order valence-corrected chi connectivity index (χ2v) is 6.57. The van der Waals surface area contributed by atoms with Crippen LogP contribution in [0.3, 0.4) is 0 Å². The lowest BCUT2D eigenvalue weighted by atomic mass is 10.2. The Balaban J connectivity index is 2.52. The second kappa shape index (κ2) is 6.03. The summed E-state index contributed by atoms with van der Waals surface area (Å²) < 4.78 is 22.4. The Bertz CT molecular complexity index is 406. The number of hydrogen-bond acceptors (Lipinski definition) is 4. The van der Waals surface area contributed by atoms with E-state index in [1.807, 2.05) is 6.92 Å². The summed E-state index contributed by atoms with van der Waals surface area (Å²) in [6.07, 6.45) is 0.999. The molecule has 2 N–H and O–H groups in total. The van der Waals surface area contributed by atoms with Gasteiger partial charge in [0.1, 0.15) is 6.04 Å². The highest BCUT2D eigenvalue weighted by atomic mass is 32.2. The van der Waals surface area contributed by atoms with Crippen molar-refractivity contribution in [3.8, 4) is 0 Å². The molecule has 0 unspecified atom stereocenters. The van der Waals surface area contributed by atoms with Crippen LogP contribution in [0, 0.1) is 0 Å². The van der Waals surface area contributed by atoms with Crippen molar-refractivity contribution in [2.45, 2.75) is 25.8 Å². The minimum Gasteiger partial charge on any atom is -0.480 e. The van der Waals surface area contributed by atoms with Gasteiger partial charge in [-0.25, -0.2) is 18.0 Å². The Labute approximate surface area is 106 Å². The molecule has 0 aromatic rings. The molecule has 0 spiro atoms.